The summed E-state index contributed by atoms with van der Waals surface area (Å²) in [6.07, 6.45) is 0. The second-order valence-corrected chi connectivity index (χ2v) is 5.38. The highest BCUT2D eigenvalue weighted by molar-refractivity contribution is 9.10. The molecule has 0 bridgehead atoms. The highest BCUT2D eigenvalue weighted by Crippen LogP contribution is 2.29. The van der Waals surface area contributed by atoms with Gasteiger partial charge in [0.05, 0.1) is 6.04 Å². The quantitative estimate of drug-likeness (QED) is 0.868. The summed E-state index contributed by atoms with van der Waals surface area (Å²) in [7, 11) is 0. The minimum Gasteiger partial charge on any atom is -0.306 e. The molecule has 0 fully saturated rings. The normalized spacial score (nSPS) is 12.4. The Balaban J connectivity index is 2.45. The molecule has 0 aliphatic rings. The number of rotatable bonds is 4. The molecule has 3 heteroatoms. The SMILES string of the molecule is CCNC(c1ccc(F)c(C)c1)c1ccccc1Br. The molecule has 100 valence electrons. The Morgan fingerprint density at radius 1 is 1.21 bits per heavy atom. The predicted molar refractivity (Wildman–Crippen MR) is 80.8 cm³/mol. The molecule has 1 unspecified atom stereocenters. The van der Waals surface area contributed by atoms with Crippen LogP contribution in [0.2, 0.25) is 0 Å². The third kappa shape index (κ3) is 3.23. The summed E-state index contributed by atoms with van der Waals surface area (Å²) in [5.41, 5.74) is 2.91. The summed E-state index contributed by atoms with van der Waals surface area (Å²) < 4.78 is 14.5. The summed E-state index contributed by atoms with van der Waals surface area (Å²) in [5.74, 6) is -0.161. The number of benzene rings is 2. The van der Waals surface area contributed by atoms with Crippen LogP contribution in [0.4, 0.5) is 4.39 Å². The second-order valence-electron chi connectivity index (χ2n) is 4.52. The first-order chi connectivity index (χ1) is 9.13. The van der Waals surface area contributed by atoms with Crippen LogP contribution in [0, 0.1) is 12.7 Å². The Hall–Kier alpha value is -1.19. The van der Waals surface area contributed by atoms with E-state index in [2.05, 4.69) is 34.2 Å². The van der Waals surface area contributed by atoms with E-state index >= 15 is 0 Å². The van der Waals surface area contributed by atoms with Gasteiger partial charge in [-0.15, -0.1) is 0 Å². The van der Waals surface area contributed by atoms with E-state index in [1.54, 1.807) is 6.92 Å². The first-order valence-corrected chi connectivity index (χ1v) is 7.16. The molecule has 0 aliphatic heterocycles. The van der Waals surface area contributed by atoms with Crippen molar-refractivity contribution in [2.24, 2.45) is 0 Å². The highest BCUT2D eigenvalue weighted by Gasteiger charge is 2.16. The van der Waals surface area contributed by atoms with Crippen LogP contribution in [0.5, 0.6) is 0 Å². The molecule has 0 radical (unpaired) electrons. The van der Waals surface area contributed by atoms with Gasteiger partial charge in [-0.05, 0) is 42.3 Å². The van der Waals surface area contributed by atoms with Crippen LogP contribution in [-0.4, -0.2) is 6.54 Å². The molecule has 0 heterocycles. The van der Waals surface area contributed by atoms with Crippen molar-refractivity contribution in [2.45, 2.75) is 19.9 Å². The molecular formula is C16H17BrFN. The lowest BCUT2D eigenvalue weighted by molar-refractivity contribution is 0.605. The van der Waals surface area contributed by atoms with Crippen molar-refractivity contribution >= 4 is 15.9 Å². The summed E-state index contributed by atoms with van der Waals surface area (Å²) in [5, 5.41) is 3.45. The van der Waals surface area contributed by atoms with Gasteiger partial charge in [-0.2, -0.15) is 0 Å². The Morgan fingerprint density at radius 2 is 1.95 bits per heavy atom. The second kappa shape index (κ2) is 6.31. The van der Waals surface area contributed by atoms with E-state index in [-0.39, 0.29) is 11.9 Å². The molecule has 1 atom stereocenters. The van der Waals surface area contributed by atoms with Crippen molar-refractivity contribution in [3.8, 4) is 0 Å². The largest absolute Gasteiger partial charge is 0.306 e. The van der Waals surface area contributed by atoms with Crippen molar-refractivity contribution < 1.29 is 4.39 Å². The van der Waals surface area contributed by atoms with E-state index in [1.807, 2.05) is 30.3 Å². The zero-order valence-corrected chi connectivity index (χ0v) is 12.7. The number of halogens is 2. The first kappa shape index (κ1) is 14.2. The lowest BCUT2D eigenvalue weighted by Crippen LogP contribution is -2.22. The summed E-state index contributed by atoms with van der Waals surface area (Å²) in [6.45, 7) is 4.71. The van der Waals surface area contributed by atoms with Gasteiger partial charge in [-0.1, -0.05) is 53.2 Å². The van der Waals surface area contributed by atoms with Crippen LogP contribution < -0.4 is 5.32 Å². The fourth-order valence-electron chi connectivity index (χ4n) is 2.17. The minimum absolute atomic E-state index is 0.0693. The molecule has 0 saturated carbocycles. The number of hydrogen-bond acceptors (Lipinski definition) is 1. The Morgan fingerprint density at radius 3 is 2.58 bits per heavy atom. The van der Waals surface area contributed by atoms with Gasteiger partial charge in [-0.25, -0.2) is 4.39 Å². The maximum atomic E-state index is 13.4. The maximum absolute atomic E-state index is 13.4. The molecule has 19 heavy (non-hydrogen) atoms. The average molecular weight is 322 g/mol. The number of nitrogens with one attached hydrogen (secondary N) is 1. The zero-order chi connectivity index (χ0) is 13.8. The monoisotopic (exact) mass is 321 g/mol. The van der Waals surface area contributed by atoms with Gasteiger partial charge in [0.25, 0.3) is 0 Å². The van der Waals surface area contributed by atoms with Crippen LogP contribution in [0.1, 0.15) is 29.7 Å². The van der Waals surface area contributed by atoms with E-state index in [0.717, 1.165) is 22.1 Å². The summed E-state index contributed by atoms with van der Waals surface area (Å²) in [6, 6.07) is 13.5. The van der Waals surface area contributed by atoms with Gasteiger partial charge in [0.2, 0.25) is 0 Å². The summed E-state index contributed by atoms with van der Waals surface area (Å²) in [4.78, 5) is 0. The molecule has 0 saturated heterocycles. The van der Waals surface area contributed by atoms with Crippen LogP contribution in [0.15, 0.2) is 46.9 Å². The van der Waals surface area contributed by atoms with E-state index in [0.29, 0.717) is 5.56 Å². The molecule has 0 spiro atoms. The standard InChI is InChI=1S/C16H17BrFN/c1-3-19-16(13-6-4-5-7-14(13)17)12-8-9-15(18)11(2)10-12/h4-10,16,19H,3H2,1-2H3. The van der Waals surface area contributed by atoms with Crippen LogP contribution in [0.25, 0.3) is 0 Å². The molecule has 2 aromatic carbocycles. The smallest absolute Gasteiger partial charge is 0.126 e. The third-order valence-corrected chi connectivity index (χ3v) is 3.86. The van der Waals surface area contributed by atoms with E-state index in [1.165, 1.54) is 6.07 Å². The Bertz CT molecular complexity index is 568. The molecule has 1 N–H and O–H groups in total. The number of aryl methyl sites for hydroxylation is 1. The first-order valence-electron chi connectivity index (χ1n) is 6.37. The van der Waals surface area contributed by atoms with E-state index in [4.69, 9.17) is 0 Å². The van der Waals surface area contributed by atoms with Crippen LogP contribution in [-0.2, 0) is 0 Å². The van der Waals surface area contributed by atoms with Gasteiger partial charge in [0, 0.05) is 4.47 Å². The Labute approximate surface area is 122 Å². The van der Waals surface area contributed by atoms with Crippen molar-refractivity contribution in [3.05, 3.63) is 69.4 Å². The minimum atomic E-state index is -0.161. The molecule has 0 aromatic heterocycles. The topological polar surface area (TPSA) is 12.0 Å². The van der Waals surface area contributed by atoms with E-state index in [9.17, 15) is 4.39 Å². The lowest BCUT2D eigenvalue weighted by Gasteiger charge is -2.21. The fourth-order valence-corrected chi connectivity index (χ4v) is 2.68. The van der Waals surface area contributed by atoms with Gasteiger partial charge < -0.3 is 5.32 Å². The van der Waals surface area contributed by atoms with Gasteiger partial charge in [-0.3, -0.25) is 0 Å². The van der Waals surface area contributed by atoms with Crippen molar-refractivity contribution in [1.82, 2.24) is 5.32 Å². The van der Waals surface area contributed by atoms with Crippen molar-refractivity contribution in [1.29, 1.82) is 0 Å². The average Bonchev–Trinajstić information content (AvgIpc) is 2.40. The van der Waals surface area contributed by atoms with E-state index < -0.39 is 0 Å². The van der Waals surface area contributed by atoms with Gasteiger partial charge >= 0.3 is 0 Å². The molecule has 1 nitrogen and oxygen atoms in total. The highest BCUT2D eigenvalue weighted by atomic mass is 79.9. The predicted octanol–water partition coefficient (Wildman–Crippen LogP) is 4.60. The lowest BCUT2D eigenvalue weighted by atomic mass is 9.97. The molecular weight excluding hydrogens is 305 g/mol. The van der Waals surface area contributed by atoms with Gasteiger partial charge in [0.15, 0.2) is 0 Å². The van der Waals surface area contributed by atoms with Crippen molar-refractivity contribution in [2.75, 3.05) is 6.54 Å². The van der Waals surface area contributed by atoms with Crippen LogP contribution in [0.3, 0.4) is 0 Å². The molecule has 2 aromatic rings. The summed E-state index contributed by atoms with van der Waals surface area (Å²) >= 11 is 3.58. The molecule has 0 aliphatic carbocycles. The molecule has 2 rings (SSSR count). The fraction of sp³-hybridized carbons (Fsp3) is 0.250. The van der Waals surface area contributed by atoms with Crippen LogP contribution >= 0.6 is 15.9 Å². The zero-order valence-electron chi connectivity index (χ0n) is 11.1. The van der Waals surface area contributed by atoms with Crippen molar-refractivity contribution in [3.63, 3.8) is 0 Å². The molecule has 0 amide bonds. The Kier molecular flexibility index (Phi) is 4.72. The van der Waals surface area contributed by atoms with Gasteiger partial charge in [0.1, 0.15) is 5.82 Å². The third-order valence-electron chi connectivity index (χ3n) is 3.14. The maximum Gasteiger partial charge on any atom is 0.126 e. The number of hydrogen-bond donors (Lipinski definition) is 1.